The molecule has 4 rings (SSSR count). The number of fused-ring (bicyclic) bond motifs is 3. The molecule has 3 aliphatic heterocycles. The van der Waals surface area contributed by atoms with Crippen LogP contribution >= 0.6 is 11.3 Å². The van der Waals surface area contributed by atoms with Crippen LogP contribution in [0.25, 0.3) is 0 Å². The molecule has 0 spiro atoms. The standard InChI is InChI=1S/C15H21NO2S/c1-15(2,18)13-4-3-12(19-13)14(17)11-9-16-7-5-10(11)6-8-16/h3-4,10-11,18H,5-9H2,1-2H3. The predicted molar refractivity (Wildman–Crippen MR) is 76.5 cm³/mol. The van der Waals surface area contributed by atoms with Gasteiger partial charge in [0, 0.05) is 17.3 Å². The summed E-state index contributed by atoms with van der Waals surface area (Å²) in [4.78, 5) is 16.7. The van der Waals surface area contributed by atoms with Gasteiger partial charge in [-0.3, -0.25) is 4.79 Å². The third-order valence-corrected chi connectivity index (χ3v) is 5.86. The molecule has 1 N–H and O–H groups in total. The number of rotatable bonds is 3. The number of carbonyl (C=O) groups excluding carboxylic acids is 1. The molecule has 2 bridgehead atoms. The monoisotopic (exact) mass is 279 g/mol. The first kappa shape index (κ1) is 13.3. The highest BCUT2D eigenvalue weighted by atomic mass is 32.1. The average molecular weight is 279 g/mol. The molecule has 0 aromatic carbocycles. The lowest BCUT2D eigenvalue weighted by atomic mass is 9.76. The Morgan fingerprint density at radius 2 is 2.05 bits per heavy atom. The number of carbonyl (C=O) groups is 1. The summed E-state index contributed by atoms with van der Waals surface area (Å²) in [7, 11) is 0. The smallest absolute Gasteiger partial charge is 0.177 e. The summed E-state index contributed by atoms with van der Waals surface area (Å²) >= 11 is 1.45. The lowest BCUT2D eigenvalue weighted by Crippen LogP contribution is -2.49. The Hall–Kier alpha value is -0.710. The molecular weight excluding hydrogens is 258 g/mol. The molecular formula is C15H21NO2S. The van der Waals surface area contributed by atoms with E-state index < -0.39 is 5.60 Å². The highest BCUT2D eigenvalue weighted by Gasteiger charge is 2.39. The van der Waals surface area contributed by atoms with Gasteiger partial charge in [-0.2, -0.15) is 0 Å². The van der Waals surface area contributed by atoms with Gasteiger partial charge in [0.2, 0.25) is 0 Å². The molecule has 104 valence electrons. The van der Waals surface area contributed by atoms with Crippen molar-refractivity contribution in [2.75, 3.05) is 19.6 Å². The molecule has 0 radical (unpaired) electrons. The number of thiophene rings is 1. The van der Waals surface area contributed by atoms with Gasteiger partial charge in [0.25, 0.3) is 0 Å². The van der Waals surface area contributed by atoms with E-state index in [1.54, 1.807) is 13.8 Å². The Kier molecular flexibility index (Phi) is 3.28. The first-order valence-corrected chi connectivity index (χ1v) is 7.86. The molecule has 1 atom stereocenters. The molecule has 1 unspecified atom stereocenters. The summed E-state index contributed by atoms with van der Waals surface area (Å²) in [6.45, 7) is 6.78. The molecule has 3 nitrogen and oxygen atoms in total. The van der Waals surface area contributed by atoms with Crippen molar-refractivity contribution in [3.8, 4) is 0 Å². The molecule has 3 saturated heterocycles. The largest absolute Gasteiger partial charge is 0.385 e. The summed E-state index contributed by atoms with van der Waals surface area (Å²) in [6.07, 6.45) is 2.33. The zero-order valence-corrected chi connectivity index (χ0v) is 12.4. The van der Waals surface area contributed by atoms with Gasteiger partial charge in [-0.05, 0) is 57.8 Å². The van der Waals surface area contributed by atoms with Crippen LogP contribution in [0.5, 0.6) is 0 Å². The number of nitrogens with zero attached hydrogens (tertiary/aromatic N) is 1. The predicted octanol–water partition coefficient (Wildman–Crippen LogP) is 2.50. The quantitative estimate of drug-likeness (QED) is 0.864. The van der Waals surface area contributed by atoms with Crippen molar-refractivity contribution in [1.29, 1.82) is 0 Å². The van der Waals surface area contributed by atoms with Gasteiger partial charge < -0.3 is 10.0 Å². The summed E-state index contributed by atoms with van der Waals surface area (Å²) in [5, 5.41) is 9.99. The lowest BCUT2D eigenvalue weighted by molar-refractivity contribution is 0.0422. The van der Waals surface area contributed by atoms with Gasteiger partial charge >= 0.3 is 0 Å². The molecule has 1 aromatic rings. The minimum atomic E-state index is -0.849. The summed E-state index contributed by atoms with van der Waals surface area (Å²) in [5.41, 5.74) is -0.849. The fraction of sp³-hybridized carbons (Fsp3) is 0.667. The van der Waals surface area contributed by atoms with Crippen molar-refractivity contribution >= 4 is 17.1 Å². The molecule has 4 heterocycles. The molecule has 0 amide bonds. The molecule has 3 fully saturated rings. The fourth-order valence-corrected chi connectivity index (χ4v) is 4.25. The first-order chi connectivity index (χ1) is 8.95. The SMILES string of the molecule is CC(C)(O)c1ccc(C(=O)C2CN3CCC2CC3)s1. The molecule has 0 aliphatic carbocycles. The minimum Gasteiger partial charge on any atom is -0.385 e. The molecule has 19 heavy (non-hydrogen) atoms. The van der Waals surface area contributed by atoms with Gasteiger partial charge in [0.05, 0.1) is 10.5 Å². The van der Waals surface area contributed by atoms with E-state index in [4.69, 9.17) is 0 Å². The van der Waals surface area contributed by atoms with E-state index in [2.05, 4.69) is 4.90 Å². The van der Waals surface area contributed by atoms with Gasteiger partial charge in [0.1, 0.15) is 0 Å². The van der Waals surface area contributed by atoms with Gasteiger partial charge in [-0.15, -0.1) is 11.3 Å². The highest BCUT2D eigenvalue weighted by molar-refractivity contribution is 7.14. The number of piperidine rings is 3. The van der Waals surface area contributed by atoms with Crippen molar-refractivity contribution in [3.63, 3.8) is 0 Å². The van der Waals surface area contributed by atoms with Crippen molar-refractivity contribution < 1.29 is 9.90 Å². The van der Waals surface area contributed by atoms with Crippen LogP contribution in [0.3, 0.4) is 0 Å². The molecule has 1 aromatic heterocycles. The third kappa shape index (κ3) is 2.49. The van der Waals surface area contributed by atoms with E-state index in [9.17, 15) is 9.90 Å². The van der Waals surface area contributed by atoms with Crippen LogP contribution in [-0.4, -0.2) is 35.4 Å². The Balaban J connectivity index is 1.79. The lowest BCUT2D eigenvalue weighted by Gasteiger charge is -2.43. The van der Waals surface area contributed by atoms with Gasteiger partial charge in [-0.25, -0.2) is 0 Å². The normalized spacial score (nSPS) is 30.6. The summed E-state index contributed by atoms with van der Waals surface area (Å²) in [5.74, 6) is 1.04. The number of aliphatic hydroxyl groups is 1. The third-order valence-electron chi connectivity index (χ3n) is 4.44. The number of ketones is 1. The Bertz CT molecular complexity index is 481. The van der Waals surface area contributed by atoms with Crippen molar-refractivity contribution in [3.05, 3.63) is 21.9 Å². The summed E-state index contributed by atoms with van der Waals surface area (Å²) in [6, 6.07) is 3.77. The van der Waals surface area contributed by atoms with Crippen LogP contribution < -0.4 is 0 Å². The van der Waals surface area contributed by atoms with Crippen LogP contribution in [-0.2, 0) is 5.60 Å². The van der Waals surface area contributed by atoms with E-state index in [-0.39, 0.29) is 11.7 Å². The Morgan fingerprint density at radius 3 is 2.53 bits per heavy atom. The highest BCUT2D eigenvalue weighted by Crippen LogP contribution is 2.36. The average Bonchev–Trinajstić information content (AvgIpc) is 2.88. The maximum atomic E-state index is 12.6. The Labute approximate surface area is 118 Å². The first-order valence-electron chi connectivity index (χ1n) is 7.04. The van der Waals surface area contributed by atoms with Crippen molar-refractivity contribution in [2.24, 2.45) is 11.8 Å². The van der Waals surface area contributed by atoms with Crippen molar-refractivity contribution in [1.82, 2.24) is 4.90 Å². The Morgan fingerprint density at radius 1 is 1.37 bits per heavy atom. The van der Waals surface area contributed by atoms with Crippen LogP contribution in [0, 0.1) is 11.8 Å². The van der Waals surface area contributed by atoms with Gasteiger partial charge in [0.15, 0.2) is 5.78 Å². The summed E-state index contributed by atoms with van der Waals surface area (Å²) < 4.78 is 0. The van der Waals surface area contributed by atoms with E-state index in [1.807, 2.05) is 12.1 Å². The maximum absolute atomic E-state index is 12.6. The zero-order valence-electron chi connectivity index (χ0n) is 11.6. The number of hydrogen-bond donors (Lipinski definition) is 1. The fourth-order valence-electron chi connectivity index (χ4n) is 3.24. The van der Waals surface area contributed by atoms with Crippen molar-refractivity contribution in [2.45, 2.75) is 32.3 Å². The van der Waals surface area contributed by atoms with Crippen LogP contribution in [0.4, 0.5) is 0 Å². The zero-order chi connectivity index (χ0) is 13.6. The second-order valence-corrected chi connectivity index (χ2v) is 7.42. The molecule has 4 heteroatoms. The maximum Gasteiger partial charge on any atom is 0.177 e. The molecule has 3 aliphatic rings. The van der Waals surface area contributed by atoms with E-state index in [0.717, 1.165) is 29.4 Å². The second-order valence-electron chi connectivity index (χ2n) is 6.33. The number of hydrogen-bond acceptors (Lipinski definition) is 4. The van der Waals surface area contributed by atoms with Crippen LogP contribution in [0.15, 0.2) is 12.1 Å². The van der Waals surface area contributed by atoms with Gasteiger partial charge in [-0.1, -0.05) is 0 Å². The molecule has 0 saturated carbocycles. The minimum absolute atomic E-state index is 0.177. The van der Waals surface area contributed by atoms with Crippen LogP contribution in [0.1, 0.15) is 41.2 Å². The van der Waals surface area contributed by atoms with E-state index >= 15 is 0 Å². The van der Waals surface area contributed by atoms with E-state index in [1.165, 1.54) is 24.2 Å². The topological polar surface area (TPSA) is 40.5 Å². The van der Waals surface area contributed by atoms with Crippen LogP contribution in [0.2, 0.25) is 0 Å². The number of Topliss-reactive ketones (excluding diaryl/α,β-unsaturated/α-hetero) is 1. The second kappa shape index (κ2) is 4.69. The van der Waals surface area contributed by atoms with E-state index in [0.29, 0.717) is 5.92 Å².